The van der Waals surface area contributed by atoms with Crippen molar-refractivity contribution in [2.45, 2.75) is 44.7 Å². The van der Waals surface area contributed by atoms with Crippen molar-refractivity contribution in [3.63, 3.8) is 0 Å². The van der Waals surface area contributed by atoms with Crippen LogP contribution >= 0.6 is 0 Å². The van der Waals surface area contributed by atoms with Crippen LogP contribution in [0.4, 0.5) is 36.8 Å². The minimum absolute atomic E-state index is 0.221. The van der Waals surface area contributed by atoms with E-state index < -0.39 is 41.8 Å². The van der Waals surface area contributed by atoms with Gasteiger partial charge in [-0.15, -0.1) is 0 Å². The number of anilines is 1. The van der Waals surface area contributed by atoms with Crippen molar-refractivity contribution in [1.29, 1.82) is 0 Å². The number of hydrogen-bond donors (Lipinski definition) is 0. The Balaban J connectivity index is 2.69. The number of hydrogen-bond acceptors (Lipinski definition) is 2. The zero-order valence-corrected chi connectivity index (χ0v) is 14.0. The van der Waals surface area contributed by atoms with Crippen molar-refractivity contribution in [3.05, 3.63) is 30.3 Å². The molecule has 1 aliphatic heterocycles. The van der Waals surface area contributed by atoms with Gasteiger partial charge < -0.3 is 0 Å². The monoisotopic (exact) mass is 382 g/mol. The van der Waals surface area contributed by atoms with Crippen molar-refractivity contribution in [2.75, 3.05) is 4.90 Å². The average molecular weight is 382 g/mol. The van der Waals surface area contributed by atoms with Crippen LogP contribution in [0, 0.1) is 5.92 Å². The normalized spacial score (nSPS) is 19.7. The molecular formula is C16H16F6N2O2. The van der Waals surface area contributed by atoms with E-state index >= 15 is 0 Å². The van der Waals surface area contributed by atoms with Crippen LogP contribution in [0.25, 0.3) is 0 Å². The molecule has 0 saturated carbocycles. The number of para-hydroxylation sites is 1. The Morgan fingerprint density at radius 3 is 1.73 bits per heavy atom. The Hall–Kier alpha value is -2.26. The molecule has 0 aromatic heterocycles. The second kappa shape index (κ2) is 6.17. The molecular weight excluding hydrogens is 366 g/mol. The first-order chi connectivity index (χ1) is 11.7. The lowest BCUT2D eigenvalue weighted by Gasteiger charge is -2.31. The van der Waals surface area contributed by atoms with Crippen LogP contribution < -0.4 is 4.90 Å². The highest BCUT2D eigenvalue weighted by Gasteiger charge is 2.68. The molecule has 3 amide bonds. The van der Waals surface area contributed by atoms with Gasteiger partial charge in [0.15, 0.2) is 5.92 Å². The summed E-state index contributed by atoms with van der Waals surface area (Å²) in [5.74, 6) is -5.54. The number of halogens is 6. The first kappa shape index (κ1) is 20.1. The minimum atomic E-state index is -5.76. The van der Waals surface area contributed by atoms with Gasteiger partial charge in [-0.05, 0) is 32.9 Å². The lowest BCUT2D eigenvalue weighted by atomic mass is 9.95. The van der Waals surface area contributed by atoms with E-state index in [1.165, 1.54) is 51.1 Å². The quantitative estimate of drug-likeness (QED) is 0.563. The maximum absolute atomic E-state index is 13.3. The molecule has 10 heteroatoms. The summed E-state index contributed by atoms with van der Waals surface area (Å²) in [6.45, 7) is 4.06. The Kier molecular flexibility index (Phi) is 4.76. The number of alkyl halides is 6. The van der Waals surface area contributed by atoms with Crippen molar-refractivity contribution in [2.24, 2.45) is 5.92 Å². The molecule has 1 unspecified atom stereocenters. The largest absolute Gasteiger partial charge is 0.403 e. The number of carbonyl (C=O) groups is 2. The molecule has 1 aliphatic rings. The zero-order chi connectivity index (χ0) is 20.1. The molecule has 1 aromatic carbocycles. The summed E-state index contributed by atoms with van der Waals surface area (Å²) in [5.41, 5.74) is -1.52. The minimum Gasteiger partial charge on any atom is -0.280 e. The Morgan fingerprint density at radius 2 is 1.35 bits per heavy atom. The molecule has 0 N–H and O–H groups in total. The molecule has 4 nitrogen and oxygen atoms in total. The number of urea groups is 1. The molecule has 2 rings (SSSR count). The Bertz CT molecular complexity index is 679. The van der Waals surface area contributed by atoms with Crippen LogP contribution in [0.2, 0.25) is 0 Å². The van der Waals surface area contributed by atoms with Gasteiger partial charge in [0.2, 0.25) is 0 Å². The van der Waals surface area contributed by atoms with E-state index in [2.05, 4.69) is 0 Å². The van der Waals surface area contributed by atoms with Gasteiger partial charge in [0.25, 0.3) is 5.91 Å². The van der Waals surface area contributed by atoms with E-state index in [1.54, 1.807) is 0 Å². The van der Waals surface area contributed by atoms with Gasteiger partial charge in [-0.1, -0.05) is 18.2 Å². The van der Waals surface area contributed by atoms with Gasteiger partial charge in [0.1, 0.15) is 6.04 Å². The van der Waals surface area contributed by atoms with Crippen LogP contribution in [0.15, 0.2) is 30.3 Å². The van der Waals surface area contributed by atoms with Gasteiger partial charge in [-0.25, -0.2) is 4.79 Å². The van der Waals surface area contributed by atoms with Crippen molar-refractivity contribution in [3.8, 4) is 0 Å². The number of amides is 3. The van der Waals surface area contributed by atoms with Gasteiger partial charge in [-0.2, -0.15) is 26.3 Å². The Morgan fingerprint density at radius 1 is 0.885 bits per heavy atom. The van der Waals surface area contributed by atoms with E-state index in [0.717, 1.165) is 0 Å². The standard InChI is InChI=1S/C16H16F6N2O2/c1-14(2,3)24-12(25)10(11(15(17,18)19)16(20,21)22)23(13(24)26)9-7-5-4-6-8-9/h4-8,10-11H,1-3H3. The highest BCUT2D eigenvalue weighted by molar-refractivity contribution is 6.15. The number of benzene rings is 1. The van der Waals surface area contributed by atoms with E-state index in [9.17, 15) is 35.9 Å². The number of rotatable bonds is 2. The van der Waals surface area contributed by atoms with Gasteiger partial charge in [0.05, 0.1) is 0 Å². The Labute approximate surface area is 145 Å². The summed E-state index contributed by atoms with van der Waals surface area (Å²) in [7, 11) is 0. The van der Waals surface area contributed by atoms with Crippen LogP contribution in [-0.4, -0.2) is 40.8 Å². The SMILES string of the molecule is CC(C)(C)N1C(=O)C(C(C(F)(F)F)C(F)(F)F)N(c2ccccc2)C1=O. The van der Waals surface area contributed by atoms with E-state index in [0.29, 0.717) is 4.90 Å². The predicted octanol–water partition coefficient (Wildman–Crippen LogP) is 4.36. The summed E-state index contributed by atoms with van der Waals surface area (Å²) in [6, 6.07) is 2.54. The van der Waals surface area contributed by atoms with Crippen molar-refractivity contribution >= 4 is 17.6 Å². The van der Waals surface area contributed by atoms with E-state index in [4.69, 9.17) is 0 Å². The molecule has 1 fully saturated rings. The number of imide groups is 1. The lowest BCUT2D eigenvalue weighted by molar-refractivity contribution is -0.287. The van der Waals surface area contributed by atoms with Crippen LogP contribution in [0.1, 0.15) is 20.8 Å². The van der Waals surface area contributed by atoms with Crippen LogP contribution in [-0.2, 0) is 4.79 Å². The molecule has 1 heterocycles. The second-order valence-corrected chi connectivity index (χ2v) is 6.84. The lowest BCUT2D eigenvalue weighted by Crippen LogP contribution is -2.54. The molecule has 1 saturated heterocycles. The van der Waals surface area contributed by atoms with Crippen molar-refractivity contribution in [1.82, 2.24) is 4.90 Å². The highest BCUT2D eigenvalue weighted by Crippen LogP contribution is 2.46. The molecule has 0 radical (unpaired) electrons. The highest BCUT2D eigenvalue weighted by atomic mass is 19.4. The van der Waals surface area contributed by atoms with Crippen molar-refractivity contribution < 1.29 is 35.9 Å². The third-order valence-electron chi connectivity index (χ3n) is 3.88. The topological polar surface area (TPSA) is 40.6 Å². The molecule has 0 bridgehead atoms. The summed E-state index contributed by atoms with van der Waals surface area (Å²) in [6.07, 6.45) is -11.5. The molecule has 1 atom stereocenters. The van der Waals surface area contributed by atoms with E-state index in [1.807, 2.05) is 0 Å². The maximum Gasteiger partial charge on any atom is 0.403 e. The number of nitrogens with zero attached hydrogens (tertiary/aromatic N) is 2. The fraction of sp³-hybridized carbons (Fsp3) is 0.500. The summed E-state index contributed by atoms with van der Waals surface area (Å²) < 4.78 is 79.5. The fourth-order valence-corrected chi connectivity index (χ4v) is 2.88. The average Bonchev–Trinajstić information content (AvgIpc) is 2.67. The first-order valence-electron chi connectivity index (χ1n) is 7.53. The fourth-order valence-electron chi connectivity index (χ4n) is 2.88. The van der Waals surface area contributed by atoms with Gasteiger partial charge >= 0.3 is 18.4 Å². The summed E-state index contributed by atoms with van der Waals surface area (Å²) in [4.78, 5) is 25.9. The smallest absolute Gasteiger partial charge is 0.280 e. The van der Waals surface area contributed by atoms with Crippen LogP contribution in [0.3, 0.4) is 0 Å². The zero-order valence-electron chi connectivity index (χ0n) is 14.0. The molecule has 0 spiro atoms. The van der Waals surface area contributed by atoms with Gasteiger partial charge in [-0.3, -0.25) is 14.6 Å². The molecule has 0 aliphatic carbocycles. The third kappa shape index (κ3) is 3.49. The summed E-state index contributed by atoms with van der Waals surface area (Å²) >= 11 is 0. The molecule has 26 heavy (non-hydrogen) atoms. The van der Waals surface area contributed by atoms with E-state index in [-0.39, 0.29) is 10.6 Å². The summed E-state index contributed by atoms with van der Waals surface area (Å²) in [5, 5.41) is 0. The maximum atomic E-state index is 13.3. The first-order valence-corrected chi connectivity index (χ1v) is 7.53. The molecule has 144 valence electrons. The van der Waals surface area contributed by atoms with Gasteiger partial charge in [0, 0.05) is 11.2 Å². The van der Waals surface area contributed by atoms with Crippen LogP contribution in [0.5, 0.6) is 0 Å². The third-order valence-corrected chi connectivity index (χ3v) is 3.88. The second-order valence-electron chi connectivity index (χ2n) is 6.84. The molecule has 1 aromatic rings. The number of carbonyl (C=O) groups excluding carboxylic acids is 2. The predicted molar refractivity (Wildman–Crippen MR) is 80.3 cm³/mol.